The lowest BCUT2D eigenvalue weighted by Gasteiger charge is -2.26. The third kappa shape index (κ3) is 3.71. The fourth-order valence-corrected chi connectivity index (χ4v) is 3.45. The van der Waals surface area contributed by atoms with E-state index in [2.05, 4.69) is 67.8 Å². The number of benzene rings is 2. The van der Waals surface area contributed by atoms with Crippen LogP contribution < -0.4 is 10.6 Å². The van der Waals surface area contributed by atoms with Crippen molar-refractivity contribution in [3.8, 4) is 11.3 Å². The van der Waals surface area contributed by atoms with E-state index in [1.807, 2.05) is 22.9 Å². The summed E-state index contributed by atoms with van der Waals surface area (Å²) in [5.74, 6) is 0.451. The molecule has 5 nitrogen and oxygen atoms in total. The number of carbonyl (C=O) groups is 1. The number of nitrogens with zero attached hydrogens (tertiary/aromatic N) is 2. The van der Waals surface area contributed by atoms with E-state index in [4.69, 9.17) is 5.10 Å². The molecule has 0 saturated heterocycles. The van der Waals surface area contributed by atoms with Gasteiger partial charge in [0.2, 0.25) is 0 Å². The molecule has 1 atom stereocenters. The quantitative estimate of drug-likeness (QED) is 0.709. The first-order valence-electron chi connectivity index (χ1n) is 9.78. The molecule has 0 fully saturated rings. The van der Waals surface area contributed by atoms with E-state index in [1.54, 1.807) is 0 Å². The Labute approximate surface area is 165 Å². The van der Waals surface area contributed by atoms with Crippen molar-refractivity contribution in [1.82, 2.24) is 20.4 Å². The predicted octanol–water partition coefficient (Wildman–Crippen LogP) is 4.01. The number of rotatable bonds is 5. The summed E-state index contributed by atoms with van der Waals surface area (Å²) in [6.45, 7) is 7.69. The van der Waals surface area contributed by atoms with Crippen LogP contribution in [0.3, 0.4) is 0 Å². The van der Waals surface area contributed by atoms with Gasteiger partial charge < -0.3 is 5.32 Å². The first-order valence-corrected chi connectivity index (χ1v) is 9.78. The summed E-state index contributed by atoms with van der Waals surface area (Å²) in [5, 5.41) is 11.2. The van der Waals surface area contributed by atoms with E-state index in [0.717, 1.165) is 17.8 Å². The summed E-state index contributed by atoms with van der Waals surface area (Å²) in [6, 6.07) is 18.7. The summed E-state index contributed by atoms with van der Waals surface area (Å²) in [7, 11) is 0. The van der Waals surface area contributed by atoms with Gasteiger partial charge in [0.1, 0.15) is 11.9 Å². The van der Waals surface area contributed by atoms with E-state index in [1.165, 1.54) is 16.7 Å². The van der Waals surface area contributed by atoms with Gasteiger partial charge in [-0.2, -0.15) is 5.10 Å². The van der Waals surface area contributed by atoms with Crippen LogP contribution in [-0.4, -0.2) is 22.2 Å². The maximum Gasteiger partial charge on any atom is 0.269 e. The zero-order valence-corrected chi connectivity index (χ0v) is 16.6. The second-order valence-corrected chi connectivity index (χ2v) is 7.73. The minimum absolute atomic E-state index is 0.0725. The molecule has 2 aromatic carbocycles. The van der Waals surface area contributed by atoms with Crippen LogP contribution in [-0.2, 0) is 6.54 Å². The maximum atomic E-state index is 12.3. The van der Waals surface area contributed by atoms with Gasteiger partial charge in [-0.3, -0.25) is 10.1 Å². The summed E-state index contributed by atoms with van der Waals surface area (Å²) in [5.41, 5.74) is 6.19. The predicted molar refractivity (Wildman–Crippen MR) is 111 cm³/mol. The van der Waals surface area contributed by atoms with Gasteiger partial charge in [0.15, 0.2) is 0 Å². The lowest BCUT2D eigenvalue weighted by Crippen LogP contribution is -2.45. The number of hydrogen-bond donors (Lipinski definition) is 2. The van der Waals surface area contributed by atoms with Crippen molar-refractivity contribution in [1.29, 1.82) is 0 Å². The fraction of sp³-hybridized carbons (Fsp3) is 0.304. The van der Waals surface area contributed by atoms with Crippen molar-refractivity contribution >= 4 is 5.91 Å². The van der Waals surface area contributed by atoms with Crippen LogP contribution in [0, 0.1) is 6.92 Å². The van der Waals surface area contributed by atoms with Crippen molar-refractivity contribution < 1.29 is 4.79 Å². The number of carbonyl (C=O) groups excluding carboxylic acids is 1. The number of fused-ring (bicyclic) bond motifs is 1. The third-order valence-corrected chi connectivity index (χ3v) is 5.26. The zero-order valence-electron chi connectivity index (χ0n) is 16.6. The van der Waals surface area contributed by atoms with Crippen molar-refractivity contribution in [3.63, 3.8) is 0 Å². The Morgan fingerprint density at radius 3 is 2.54 bits per heavy atom. The van der Waals surface area contributed by atoms with Crippen LogP contribution in [0.4, 0.5) is 0 Å². The molecule has 2 heterocycles. The summed E-state index contributed by atoms with van der Waals surface area (Å²) in [6.07, 6.45) is -0.0725. The highest BCUT2D eigenvalue weighted by atomic mass is 16.2. The van der Waals surface area contributed by atoms with Crippen LogP contribution in [0.25, 0.3) is 11.3 Å². The molecule has 144 valence electrons. The monoisotopic (exact) mass is 374 g/mol. The standard InChI is InChI=1S/C23H26N4O/c1-15(2)18-10-6-17(7-11-18)13-24-22-14-25-23(28)21-12-20(26-27(21)22)19-8-4-16(3)5-9-19/h4-12,15,22,24H,13-14H2,1-3H3,(H,25,28)/t22-/m0/s1. The molecule has 3 aromatic rings. The molecule has 1 aromatic heterocycles. The van der Waals surface area contributed by atoms with Crippen LogP contribution in [0.15, 0.2) is 54.6 Å². The molecular weight excluding hydrogens is 348 g/mol. The second-order valence-electron chi connectivity index (χ2n) is 7.73. The molecule has 0 saturated carbocycles. The topological polar surface area (TPSA) is 59.0 Å². The number of aryl methyl sites for hydroxylation is 1. The SMILES string of the molecule is Cc1ccc(-c2cc3n(n2)[C@H](NCc2ccc(C(C)C)cc2)CNC3=O)cc1. The second kappa shape index (κ2) is 7.60. The Bertz CT molecular complexity index is 971. The summed E-state index contributed by atoms with van der Waals surface area (Å²) >= 11 is 0. The highest BCUT2D eigenvalue weighted by Crippen LogP contribution is 2.23. The van der Waals surface area contributed by atoms with Gasteiger partial charge in [0, 0.05) is 12.1 Å². The number of hydrogen-bond acceptors (Lipinski definition) is 3. The molecule has 1 amide bonds. The molecule has 0 unspecified atom stereocenters. The first kappa shape index (κ1) is 18.4. The molecule has 0 aliphatic carbocycles. The summed E-state index contributed by atoms with van der Waals surface area (Å²) < 4.78 is 1.82. The van der Waals surface area contributed by atoms with E-state index in [0.29, 0.717) is 18.2 Å². The van der Waals surface area contributed by atoms with Gasteiger partial charge in [-0.05, 0) is 30.0 Å². The Balaban J connectivity index is 1.53. The molecule has 28 heavy (non-hydrogen) atoms. The van der Waals surface area contributed by atoms with Crippen LogP contribution in [0.1, 0.15) is 53.1 Å². The highest BCUT2D eigenvalue weighted by molar-refractivity contribution is 5.94. The fourth-order valence-electron chi connectivity index (χ4n) is 3.45. The Kier molecular flexibility index (Phi) is 5.01. The van der Waals surface area contributed by atoms with Gasteiger partial charge in [-0.15, -0.1) is 0 Å². The lowest BCUT2D eigenvalue weighted by atomic mass is 10.0. The first-order chi connectivity index (χ1) is 13.5. The number of amides is 1. The Morgan fingerprint density at radius 2 is 1.86 bits per heavy atom. The zero-order chi connectivity index (χ0) is 19.7. The highest BCUT2D eigenvalue weighted by Gasteiger charge is 2.27. The van der Waals surface area contributed by atoms with Crippen molar-refractivity contribution in [2.24, 2.45) is 0 Å². The molecular formula is C23H26N4O. The average molecular weight is 374 g/mol. The molecule has 1 aliphatic heterocycles. The average Bonchev–Trinajstić information content (AvgIpc) is 3.15. The molecule has 0 spiro atoms. The Morgan fingerprint density at radius 1 is 1.14 bits per heavy atom. The molecule has 0 bridgehead atoms. The number of aromatic nitrogens is 2. The van der Waals surface area contributed by atoms with Crippen molar-refractivity contribution in [2.45, 2.75) is 39.4 Å². The van der Waals surface area contributed by atoms with Gasteiger partial charge >= 0.3 is 0 Å². The molecule has 1 aliphatic rings. The normalized spacial score (nSPS) is 16.1. The third-order valence-electron chi connectivity index (χ3n) is 5.26. The largest absolute Gasteiger partial charge is 0.347 e. The van der Waals surface area contributed by atoms with Crippen LogP contribution in [0.5, 0.6) is 0 Å². The smallest absolute Gasteiger partial charge is 0.269 e. The van der Waals surface area contributed by atoms with Gasteiger partial charge in [0.05, 0.1) is 12.2 Å². The van der Waals surface area contributed by atoms with Crippen LogP contribution >= 0.6 is 0 Å². The lowest BCUT2D eigenvalue weighted by molar-refractivity contribution is 0.0900. The van der Waals surface area contributed by atoms with E-state index in [9.17, 15) is 4.79 Å². The van der Waals surface area contributed by atoms with Gasteiger partial charge in [0.25, 0.3) is 5.91 Å². The van der Waals surface area contributed by atoms with E-state index >= 15 is 0 Å². The molecule has 0 radical (unpaired) electrons. The van der Waals surface area contributed by atoms with Crippen LogP contribution in [0.2, 0.25) is 0 Å². The molecule has 2 N–H and O–H groups in total. The summed E-state index contributed by atoms with van der Waals surface area (Å²) in [4.78, 5) is 12.3. The van der Waals surface area contributed by atoms with E-state index < -0.39 is 0 Å². The van der Waals surface area contributed by atoms with Crippen molar-refractivity contribution in [2.75, 3.05) is 6.54 Å². The van der Waals surface area contributed by atoms with E-state index in [-0.39, 0.29) is 12.1 Å². The molecule has 5 heteroatoms. The van der Waals surface area contributed by atoms with Gasteiger partial charge in [-0.1, -0.05) is 67.9 Å². The maximum absolute atomic E-state index is 12.3. The van der Waals surface area contributed by atoms with Crippen molar-refractivity contribution in [3.05, 3.63) is 77.0 Å². The minimum atomic E-state index is -0.0785. The number of nitrogens with one attached hydrogen (secondary N) is 2. The molecule has 4 rings (SSSR count). The van der Waals surface area contributed by atoms with Gasteiger partial charge in [-0.25, -0.2) is 4.68 Å². The Hall–Kier alpha value is -2.92. The minimum Gasteiger partial charge on any atom is -0.347 e.